The van der Waals surface area contributed by atoms with Gasteiger partial charge in [-0.15, -0.1) is 0 Å². The Bertz CT molecular complexity index is 1600. The number of hydrogen-bond acceptors (Lipinski definition) is 4. The number of anilines is 2. The molecule has 1 N–H and O–H groups in total. The number of ketones is 2. The lowest BCUT2D eigenvalue weighted by Crippen LogP contribution is -2.51. The van der Waals surface area contributed by atoms with Crippen molar-refractivity contribution in [3.8, 4) is 0 Å². The molecule has 3 aromatic rings. The molecule has 3 aliphatic rings. The molecule has 0 aromatic heterocycles. The number of hydrogen-bond donors (Lipinski definition) is 1. The molecule has 0 bridgehead atoms. The largest absolute Gasteiger partial charge is 0.352 e. The number of carbonyl (C=O) groups excluding carboxylic acids is 3. The molecule has 7 heteroatoms. The maximum atomic E-state index is 14.8. The van der Waals surface area contributed by atoms with Crippen molar-refractivity contribution >= 4 is 57.6 Å². The summed E-state index contributed by atoms with van der Waals surface area (Å²) >= 11 is 12.8. The molecule has 4 atom stereocenters. The third kappa shape index (κ3) is 3.56. The zero-order valence-electron chi connectivity index (χ0n) is 22.1. The second-order valence-electron chi connectivity index (χ2n) is 11.6. The molecule has 0 radical (unpaired) electrons. The fraction of sp³-hybridized carbons (Fsp3) is 0.281. The molecular formula is C32H28Cl2N2O3. The number of halogens is 2. The molecule has 1 spiro atoms. The number of para-hydroxylation sites is 2. The molecule has 5 nitrogen and oxygen atoms in total. The first-order valence-electron chi connectivity index (χ1n) is 13.0. The Morgan fingerprint density at radius 3 is 2.38 bits per heavy atom. The summed E-state index contributed by atoms with van der Waals surface area (Å²) in [5.74, 6) is -1.82. The molecule has 3 aromatic carbocycles. The maximum Gasteiger partial charge on any atom is 0.238 e. The molecule has 0 saturated carbocycles. The summed E-state index contributed by atoms with van der Waals surface area (Å²) in [5.41, 5.74) is 2.24. The highest BCUT2D eigenvalue weighted by Crippen LogP contribution is 2.59. The van der Waals surface area contributed by atoms with E-state index in [0.717, 1.165) is 16.8 Å². The third-order valence-electron chi connectivity index (χ3n) is 8.37. The van der Waals surface area contributed by atoms with Crippen LogP contribution in [-0.4, -0.2) is 29.6 Å². The molecule has 1 amide bonds. The number of carbonyl (C=O) groups is 3. The van der Waals surface area contributed by atoms with Gasteiger partial charge in [-0.25, -0.2) is 0 Å². The van der Waals surface area contributed by atoms with E-state index in [1.807, 2.05) is 87.2 Å². The van der Waals surface area contributed by atoms with E-state index >= 15 is 0 Å². The van der Waals surface area contributed by atoms with Gasteiger partial charge in [-0.05, 0) is 48.4 Å². The van der Waals surface area contributed by atoms with Gasteiger partial charge in [-0.2, -0.15) is 0 Å². The standard InChI is InChI=1S/C32H28Cl2N2O3/c1-17-15-25-32(21-10-6-7-11-23(21)35-30(32)39)26(28(37)20-14-13-18(33)16-22(20)34)27(29(38)31(2,3)4)36(25)24-12-8-5-9-19(17)24/h5-16,25-27H,1-4H3,(H,35,39)/t25-,26+,27-,32-/m0/s1. The van der Waals surface area contributed by atoms with Crippen LogP contribution in [-0.2, 0) is 15.0 Å². The number of rotatable bonds is 3. The van der Waals surface area contributed by atoms with Gasteiger partial charge in [0.05, 0.1) is 17.0 Å². The Balaban J connectivity index is 1.71. The lowest BCUT2D eigenvalue weighted by molar-refractivity contribution is -0.128. The predicted octanol–water partition coefficient (Wildman–Crippen LogP) is 6.97. The minimum absolute atomic E-state index is 0.118. The van der Waals surface area contributed by atoms with Crippen LogP contribution < -0.4 is 10.2 Å². The van der Waals surface area contributed by atoms with Crippen LogP contribution in [0.2, 0.25) is 10.0 Å². The summed E-state index contributed by atoms with van der Waals surface area (Å²) in [6, 6.07) is 18.5. The maximum absolute atomic E-state index is 14.8. The third-order valence-corrected chi connectivity index (χ3v) is 8.92. The zero-order chi connectivity index (χ0) is 27.9. The highest BCUT2D eigenvalue weighted by atomic mass is 35.5. The van der Waals surface area contributed by atoms with Crippen LogP contribution in [0.4, 0.5) is 11.4 Å². The minimum Gasteiger partial charge on any atom is -0.352 e. The van der Waals surface area contributed by atoms with E-state index in [0.29, 0.717) is 16.3 Å². The number of Topliss-reactive ketones (excluding diaryl/α,β-unsaturated/α-hetero) is 2. The quantitative estimate of drug-likeness (QED) is 0.352. The molecule has 0 aliphatic carbocycles. The van der Waals surface area contributed by atoms with Gasteiger partial charge in [0, 0.05) is 32.9 Å². The summed E-state index contributed by atoms with van der Waals surface area (Å²) in [6.45, 7) is 7.57. The van der Waals surface area contributed by atoms with E-state index in [4.69, 9.17) is 23.2 Å². The van der Waals surface area contributed by atoms with Gasteiger partial charge >= 0.3 is 0 Å². The first-order chi connectivity index (χ1) is 18.5. The fourth-order valence-electron chi connectivity index (χ4n) is 6.69. The number of fused-ring (bicyclic) bond motifs is 6. The van der Waals surface area contributed by atoms with Crippen LogP contribution >= 0.6 is 23.2 Å². The molecule has 39 heavy (non-hydrogen) atoms. The summed E-state index contributed by atoms with van der Waals surface area (Å²) in [4.78, 5) is 45.6. The van der Waals surface area contributed by atoms with E-state index in [1.165, 1.54) is 6.07 Å². The van der Waals surface area contributed by atoms with Gasteiger partial charge < -0.3 is 10.2 Å². The van der Waals surface area contributed by atoms with Crippen molar-refractivity contribution in [3.05, 3.63) is 99.5 Å². The Labute approximate surface area is 237 Å². The Morgan fingerprint density at radius 2 is 1.67 bits per heavy atom. The number of nitrogens with one attached hydrogen (secondary N) is 1. The molecule has 3 aliphatic heterocycles. The molecule has 198 valence electrons. The smallest absolute Gasteiger partial charge is 0.238 e. The predicted molar refractivity (Wildman–Crippen MR) is 156 cm³/mol. The van der Waals surface area contributed by atoms with Gasteiger partial charge in [-0.1, -0.05) is 86.4 Å². The molecule has 0 unspecified atom stereocenters. The normalized spacial score (nSPS) is 25.1. The first kappa shape index (κ1) is 25.8. The van der Waals surface area contributed by atoms with Gasteiger partial charge in [0.2, 0.25) is 5.91 Å². The van der Waals surface area contributed by atoms with Crippen molar-refractivity contribution in [2.75, 3.05) is 10.2 Å². The highest BCUT2D eigenvalue weighted by molar-refractivity contribution is 6.37. The van der Waals surface area contributed by atoms with E-state index < -0.39 is 28.8 Å². The van der Waals surface area contributed by atoms with Crippen molar-refractivity contribution in [3.63, 3.8) is 0 Å². The van der Waals surface area contributed by atoms with Crippen LogP contribution in [0, 0.1) is 11.3 Å². The number of nitrogens with zero attached hydrogens (tertiary/aromatic N) is 1. The second kappa shape index (κ2) is 8.80. The highest BCUT2D eigenvalue weighted by Gasteiger charge is 2.71. The van der Waals surface area contributed by atoms with Gasteiger partial charge in [0.1, 0.15) is 11.5 Å². The summed E-state index contributed by atoms with van der Waals surface area (Å²) in [5, 5.41) is 3.63. The Morgan fingerprint density at radius 1 is 0.974 bits per heavy atom. The number of amides is 1. The molecular weight excluding hydrogens is 531 g/mol. The molecule has 1 fully saturated rings. The van der Waals surface area contributed by atoms with Crippen molar-refractivity contribution in [2.45, 2.75) is 45.2 Å². The van der Waals surface area contributed by atoms with Gasteiger partial charge in [0.25, 0.3) is 0 Å². The van der Waals surface area contributed by atoms with Gasteiger partial charge in [-0.3, -0.25) is 14.4 Å². The second-order valence-corrected chi connectivity index (χ2v) is 12.5. The Hall–Kier alpha value is -3.41. The summed E-state index contributed by atoms with van der Waals surface area (Å²) in [6.07, 6.45) is 2.05. The van der Waals surface area contributed by atoms with Crippen LogP contribution in [0.3, 0.4) is 0 Å². The van der Waals surface area contributed by atoms with E-state index in [9.17, 15) is 14.4 Å². The average Bonchev–Trinajstić information content (AvgIpc) is 3.35. The average molecular weight is 559 g/mol. The van der Waals surface area contributed by atoms with E-state index in [1.54, 1.807) is 12.1 Å². The van der Waals surface area contributed by atoms with E-state index in [-0.39, 0.29) is 28.1 Å². The van der Waals surface area contributed by atoms with Crippen molar-refractivity contribution in [2.24, 2.45) is 11.3 Å². The molecule has 3 heterocycles. The van der Waals surface area contributed by atoms with Gasteiger partial charge in [0.15, 0.2) is 11.6 Å². The molecule has 1 saturated heterocycles. The first-order valence-corrected chi connectivity index (χ1v) is 13.7. The summed E-state index contributed by atoms with van der Waals surface area (Å²) < 4.78 is 0. The topological polar surface area (TPSA) is 66.5 Å². The Kier molecular flexibility index (Phi) is 5.83. The van der Waals surface area contributed by atoms with Crippen LogP contribution in [0.25, 0.3) is 5.57 Å². The van der Waals surface area contributed by atoms with Crippen LogP contribution in [0.15, 0.2) is 72.8 Å². The van der Waals surface area contributed by atoms with E-state index in [2.05, 4.69) is 5.32 Å². The lowest BCUT2D eigenvalue weighted by Gasteiger charge is -2.39. The van der Waals surface area contributed by atoms with Crippen molar-refractivity contribution in [1.82, 2.24) is 0 Å². The molecule has 6 rings (SSSR count). The fourth-order valence-corrected chi connectivity index (χ4v) is 7.19. The minimum atomic E-state index is -1.36. The number of allylic oxidation sites excluding steroid dienone is 1. The van der Waals surface area contributed by atoms with Crippen LogP contribution in [0.5, 0.6) is 0 Å². The van der Waals surface area contributed by atoms with Crippen molar-refractivity contribution < 1.29 is 14.4 Å². The lowest BCUT2D eigenvalue weighted by atomic mass is 9.63. The zero-order valence-corrected chi connectivity index (χ0v) is 23.6. The number of benzene rings is 3. The van der Waals surface area contributed by atoms with Crippen LogP contribution in [0.1, 0.15) is 49.2 Å². The van der Waals surface area contributed by atoms with Crippen molar-refractivity contribution in [1.29, 1.82) is 0 Å². The summed E-state index contributed by atoms with van der Waals surface area (Å²) in [7, 11) is 0. The monoisotopic (exact) mass is 558 g/mol. The SMILES string of the molecule is CC1=C[C@@H]2N(c3ccccc31)[C@H](C(=O)C(C)(C)C)[C@H](C(=O)c1ccc(Cl)cc1Cl)[C@@]21C(=O)Nc2ccccc21.